The fourth-order valence-corrected chi connectivity index (χ4v) is 11.1. The molecule has 2 aromatic heterocycles. The van der Waals surface area contributed by atoms with Crippen LogP contribution in [0, 0.1) is 6.92 Å². The van der Waals surface area contributed by atoms with Crippen LogP contribution in [0.5, 0.6) is 0 Å². The summed E-state index contributed by atoms with van der Waals surface area (Å²) in [7, 11) is 0. The summed E-state index contributed by atoms with van der Waals surface area (Å²) < 4.78 is 2.50. The van der Waals surface area contributed by atoms with Crippen LogP contribution in [-0.4, -0.2) is 15.7 Å². The first kappa shape index (κ1) is 33.1. The summed E-state index contributed by atoms with van der Waals surface area (Å²) >= 11 is 2.06. The van der Waals surface area contributed by atoms with E-state index in [2.05, 4.69) is 194 Å². The van der Waals surface area contributed by atoms with Crippen molar-refractivity contribution >= 4 is 56.4 Å². The summed E-state index contributed by atoms with van der Waals surface area (Å²) in [6.07, 6.45) is 21.3. The van der Waals surface area contributed by atoms with Crippen LogP contribution in [0.15, 0.2) is 163 Å². The van der Waals surface area contributed by atoms with Crippen molar-refractivity contribution in [2.24, 2.45) is 0 Å². The van der Waals surface area contributed by atoms with Gasteiger partial charge in [0.15, 0.2) is 0 Å². The Kier molecular flexibility index (Phi) is 7.85. The van der Waals surface area contributed by atoms with Crippen LogP contribution in [-0.2, 0) is 0 Å². The zero-order valence-corrected chi connectivity index (χ0v) is 32.0. The Morgan fingerprint density at radius 2 is 1.56 bits per heavy atom. The lowest BCUT2D eigenvalue weighted by Gasteiger charge is -2.29. The van der Waals surface area contributed by atoms with Crippen molar-refractivity contribution in [3.63, 3.8) is 0 Å². The van der Waals surface area contributed by atoms with Crippen LogP contribution in [0.25, 0.3) is 44.4 Å². The molecule has 0 saturated heterocycles. The second-order valence-corrected chi connectivity index (χ2v) is 17.0. The molecule has 1 aliphatic carbocycles. The predicted molar refractivity (Wildman–Crippen MR) is 233 cm³/mol. The molecule has 2 aliphatic heterocycles. The summed E-state index contributed by atoms with van der Waals surface area (Å²) in [6, 6.07) is 39.0. The van der Waals surface area contributed by atoms with Gasteiger partial charge in [0.2, 0.25) is 0 Å². The molecule has 0 amide bonds. The minimum atomic E-state index is 0.0760. The van der Waals surface area contributed by atoms with Gasteiger partial charge in [0, 0.05) is 67.2 Å². The minimum Gasteiger partial charge on any atom is -0.341 e. The number of fused-ring (bicyclic) bond motifs is 7. The van der Waals surface area contributed by atoms with Crippen molar-refractivity contribution in [2.45, 2.75) is 54.6 Å². The average Bonchev–Trinajstić information content (AvgIpc) is 3.82. The van der Waals surface area contributed by atoms with E-state index in [0.29, 0.717) is 17.8 Å². The quantitative estimate of drug-likeness (QED) is 0.129. The molecule has 54 heavy (non-hydrogen) atoms. The van der Waals surface area contributed by atoms with Crippen molar-refractivity contribution in [3.8, 4) is 11.1 Å². The third kappa shape index (κ3) is 5.09. The molecule has 0 fully saturated rings. The molecule has 3 aliphatic rings. The van der Waals surface area contributed by atoms with Gasteiger partial charge in [0.25, 0.3) is 0 Å². The van der Waals surface area contributed by atoms with E-state index in [4.69, 9.17) is 0 Å². The van der Waals surface area contributed by atoms with Gasteiger partial charge in [0.05, 0.1) is 11.0 Å². The smallest absolute Gasteiger partial charge is 0.0617 e. The van der Waals surface area contributed by atoms with Crippen LogP contribution in [0.3, 0.4) is 0 Å². The first-order chi connectivity index (χ1) is 26.4. The fourth-order valence-electron chi connectivity index (χ4n) is 9.51. The van der Waals surface area contributed by atoms with Gasteiger partial charge in [-0.15, -0.1) is 11.8 Å². The molecule has 0 N–H and O–H groups in total. The maximum atomic E-state index is 3.93. The van der Waals surface area contributed by atoms with Crippen molar-refractivity contribution in [1.29, 1.82) is 0 Å². The Morgan fingerprint density at radius 3 is 2.43 bits per heavy atom. The molecule has 264 valence electrons. The van der Waals surface area contributed by atoms with Gasteiger partial charge < -0.3 is 9.30 Å². The van der Waals surface area contributed by atoms with Crippen molar-refractivity contribution < 1.29 is 0 Å². The molecule has 0 spiro atoms. The predicted octanol–water partition coefficient (Wildman–Crippen LogP) is 13.9. The number of rotatable bonds is 5. The van der Waals surface area contributed by atoms with Crippen LogP contribution in [0.4, 0.5) is 11.4 Å². The van der Waals surface area contributed by atoms with Gasteiger partial charge in [-0.1, -0.05) is 129 Å². The van der Waals surface area contributed by atoms with Crippen LogP contribution in [0.2, 0.25) is 0 Å². The maximum absolute atomic E-state index is 3.93. The highest BCUT2D eigenvalue weighted by Gasteiger charge is 2.42. The van der Waals surface area contributed by atoms with Gasteiger partial charge in [0.1, 0.15) is 0 Å². The lowest BCUT2D eigenvalue weighted by Crippen LogP contribution is -2.22. The Labute approximate surface area is 322 Å². The monoisotopic (exact) mass is 716 g/mol. The molecule has 0 bridgehead atoms. The maximum Gasteiger partial charge on any atom is 0.0617 e. The number of nitrogens with zero attached hydrogens (tertiary/aromatic N) is 2. The minimum absolute atomic E-state index is 0.0760. The van der Waals surface area contributed by atoms with E-state index >= 15 is 0 Å². The molecule has 10 rings (SSSR count). The lowest BCUT2D eigenvalue weighted by molar-refractivity contribution is 0.694. The van der Waals surface area contributed by atoms with E-state index in [9.17, 15) is 0 Å². The van der Waals surface area contributed by atoms with Crippen molar-refractivity contribution in [3.05, 3.63) is 186 Å². The topological polar surface area (TPSA) is 7.65 Å². The van der Waals surface area contributed by atoms with E-state index in [0.717, 1.165) is 13.0 Å². The summed E-state index contributed by atoms with van der Waals surface area (Å²) in [5.74, 6) is 1.04. The van der Waals surface area contributed by atoms with Gasteiger partial charge in [-0.2, -0.15) is 0 Å². The molecule has 4 heterocycles. The Morgan fingerprint density at radius 1 is 0.778 bits per heavy atom. The van der Waals surface area contributed by atoms with Crippen molar-refractivity contribution in [2.75, 3.05) is 11.4 Å². The highest BCUT2D eigenvalue weighted by Crippen LogP contribution is 2.58. The number of benzene rings is 5. The molecular formula is C51H44N2S. The normalized spacial score (nSPS) is 22.7. The van der Waals surface area contributed by atoms with Gasteiger partial charge in [-0.3, -0.25) is 0 Å². The highest BCUT2D eigenvalue weighted by molar-refractivity contribution is 8.01. The molecular weight excluding hydrogens is 673 g/mol. The number of hydrogen-bond acceptors (Lipinski definition) is 2. The molecule has 3 heteroatoms. The average molecular weight is 717 g/mol. The number of thioether (sulfide) groups is 1. The SMILES string of the molecule is C=C/C=C\c1c(C)c2cc(-c3ccc(N4CCC(c5cccc6c5S[C@@]5(C)C=CC=CC65)/C=C\C(C)c5ccccc54)cc3)cc3c4ccccc4n1c23. The van der Waals surface area contributed by atoms with Crippen LogP contribution < -0.4 is 4.90 Å². The zero-order chi connectivity index (χ0) is 36.6. The van der Waals surface area contributed by atoms with Gasteiger partial charge in [-0.05, 0) is 96.1 Å². The summed E-state index contributed by atoms with van der Waals surface area (Å²) in [5, 5.41) is 3.90. The fraction of sp³-hybridized carbons (Fsp3) is 0.176. The number of aromatic nitrogens is 1. The Hall–Kier alpha value is -5.51. The molecule has 3 unspecified atom stereocenters. The van der Waals surface area contributed by atoms with E-state index in [1.807, 2.05) is 12.2 Å². The Balaban J connectivity index is 1.03. The molecule has 7 aromatic rings. The largest absolute Gasteiger partial charge is 0.341 e. The summed E-state index contributed by atoms with van der Waals surface area (Å²) in [5.41, 5.74) is 14.4. The highest BCUT2D eigenvalue weighted by atomic mass is 32.2. The number of para-hydroxylation sites is 2. The van der Waals surface area contributed by atoms with E-state index in [-0.39, 0.29) is 4.75 Å². The lowest BCUT2D eigenvalue weighted by atomic mass is 9.82. The molecule has 0 radical (unpaired) electrons. The third-order valence-corrected chi connectivity index (χ3v) is 13.8. The molecule has 0 saturated carbocycles. The number of aryl methyl sites for hydroxylation is 1. The van der Waals surface area contributed by atoms with E-state index < -0.39 is 0 Å². The molecule has 4 atom stereocenters. The zero-order valence-electron chi connectivity index (χ0n) is 31.2. The first-order valence-corrected chi connectivity index (χ1v) is 20.2. The second-order valence-electron chi connectivity index (χ2n) is 15.5. The number of hydrogen-bond donors (Lipinski definition) is 0. The van der Waals surface area contributed by atoms with E-state index in [1.165, 1.54) is 82.5 Å². The van der Waals surface area contributed by atoms with Gasteiger partial charge in [-0.25, -0.2) is 0 Å². The Bertz CT molecular complexity index is 2720. The van der Waals surface area contributed by atoms with Crippen LogP contribution >= 0.6 is 11.8 Å². The number of allylic oxidation sites excluding steroid dienone is 7. The molecule has 5 aromatic carbocycles. The summed E-state index contributed by atoms with van der Waals surface area (Å²) in [4.78, 5) is 4.05. The van der Waals surface area contributed by atoms with Crippen molar-refractivity contribution in [1.82, 2.24) is 4.40 Å². The standard InChI is InChI=1S/C51H44N2S/c1-5-6-19-46-34(3)43-31-37(32-44-41-15-8-10-21-48(41)53(46)49(43)44)35-24-26-38(27-25-35)52-30-28-36(23-22-33(2)39-14-7-9-20-47(39)52)40-16-13-17-42-45-18-11-12-29-51(45,4)54-50(40)42/h5-27,29,31-33,36,45H,1,28,30H2,2-4H3/b19-6-,23-22-/t33?,36?,45?,51-/m0/s1. The van der Waals surface area contributed by atoms with Gasteiger partial charge >= 0.3 is 0 Å². The number of anilines is 2. The third-order valence-electron chi connectivity index (χ3n) is 12.3. The second kappa shape index (κ2) is 12.8. The molecule has 2 nitrogen and oxygen atoms in total. The van der Waals surface area contributed by atoms with E-state index in [1.54, 1.807) is 0 Å². The van der Waals surface area contributed by atoms with Crippen LogP contribution in [0.1, 0.15) is 66.0 Å². The summed E-state index contributed by atoms with van der Waals surface area (Å²) in [6.45, 7) is 11.9. The first-order valence-electron chi connectivity index (χ1n) is 19.3.